The molecule has 0 saturated carbocycles. The van der Waals surface area contributed by atoms with Crippen molar-refractivity contribution >= 4 is 5.84 Å². The van der Waals surface area contributed by atoms with Crippen molar-refractivity contribution in [1.29, 1.82) is 0 Å². The van der Waals surface area contributed by atoms with Gasteiger partial charge in [0.2, 0.25) is 0 Å². The molecular formula is C12H16N2. The molecule has 1 atom stereocenters. The van der Waals surface area contributed by atoms with Gasteiger partial charge in [-0.2, -0.15) is 0 Å². The summed E-state index contributed by atoms with van der Waals surface area (Å²) < 4.78 is 0. The zero-order chi connectivity index (χ0) is 10.1. The number of nitrogens with zero attached hydrogens (tertiary/aromatic N) is 2. The molecule has 2 heteroatoms. The molecule has 0 amide bonds. The SMILES string of the molecule is CCC1=NC(C)C=C2C=C(C)C=CN21. The van der Waals surface area contributed by atoms with E-state index in [9.17, 15) is 0 Å². The fourth-order valence-electron chi connectivity index (χ4n) is 1.84. The summed E-state index contributed by atoms with van der Waals surface area (Å²) in [6, 6.07) is 0.312. The Hall–Kier alpha value is -1.31. The first-order valence-corrected chi connectivity index (χ1v) is 5.15. The Morgan fingerprint density at radius 3 is 3.00 bits per heavy atom. The Kier molecular flexibility index (Phi) is 2.28. The number of rotatable bonds is 1. The molecular weight excluding hydrogens is 172 g/mol. The van der Waals surface area contributed by atoms with Crippen LogP contribution in [0.15, 0.2) is 40.7 Å². The number of hydrogen-bond acceptors (Lipinski definition) is 2. The first-order valence-electron chi connectivity index (χ1n) is 5.15. The molecule has 0 radical (unpaired) electrons. The highest BCUT2D eigenvalue weighted by molar-refractivity contribution is 5.86. The van der Waals surface area contributed by atoms with E-state index in [0.29, 0.717) is 6.04 Å². The smallest absolute Gasteiger partial charge is 0.108 e. The summed E-state index contributed by atoms with van der Waals surface area (Å²) in [7, 11) is 0. The Bertz CT molecular complexity index is 359. The topological polar surface area (TPSA) is 15.6 Å². The first-order chi connectivity index (χ1) is 6.70. The fraction of sp³-hybridized carbons (Fsp3) is 0.417. The molecule has 0 aliphatic carbocycles. The van der Waals surface area contributed by atoms with Crippen LogP contribution in [0.3, 0.4) is 0 Å². The van der Waals surface area contributed by atoms with Gasteiger partial charge in [0.05, 0.1) is 6.04 Å². The predicted molar refractivity (Wildman–Crippen MR) is 60.0 cm³/mol. The zero-order valence-electron chi connectivity index (χ0n) is 8.99. The van der Waals surface area contributed by atoms with Crippen LogP contribution in [0.1, 0.15) is 27.2 Å². The van der Waals surface area contributed by atoms with Gasteiger partial charge in [0.15, 0.2) is 0 Å². The molecule has 2 heterocycles. The third kappa shape index (κ3) is 1.52. The quantitative estimate of drug-likeness (QED) is 0.617. The molecule has 2 rings (SSSR count). The summed E-state index contributed by atoms with van der Waals surface area (Å²) in [5.41, 5.74) is 2.57. The number of fused-ring (bicyclic) bond motifs is 1. The molecule has 0 saturated heterocycles. The molecule has 0 aromatic heterocycles. The van der Waals surface area contributed by atoms with E-state index in [2.05, 4.69) is 55.1 Å². The van der Waals surface area contributed by atoms with Crippen molar-refractivity contribution in [2.45, 2.75) is 33.2 Å². The van der Waals surface area contributed by atoms with E-state index in [1.165, 1.54) is 11.3 Å². The summed E-state index contributed by atoms with van der Waals surface area (Å²) in [4.78, 5) is 6.77. The minimum atomic E-state index is 0.312. The van der Waals surface area contributed by atoms with Gasteiger partial charge < -0.3 is 4.90 Å². The van der Waals surface area contributed by atoms with Gasteiger partial charge in [0.25, 0.3) is 0 Å². The van der Waals surface area contributed by atoms with E-state index in [-0.39, 0.29) is 0 Å². The summed E-state index contributed by atoms with van der Waals surface area (Å²) >= 11 is 0. The molecule has 2 nitrogen and oxygen atoms in total. The average molecular weight is 188 g/mol. The van der Waals surface area contributed by atoms with Gasteiger partial charge in [-0.3, -0.25) is 4.99 Å². The molecule has 0 aromatic carbocycles. The highest BCUT2D eigenvalue weighted by Gasteiger charge is 2.18. The molecule has 0 spiro atoms. The minimum Gasteiger partial charge on any atom is -0.306 e. The second-order valence-electron chi connectivity index (χ2n) is 3.81. The highest BCUT2D eigenvalue weighted by Crippen LogP contribution is 2.23. The molecule has 14 heavy (non-hydrogen) atoms. The summed E-state index contributed by atoms with van der Waals surface area (Å²) in [6.45, 7) is 6.39. The third-order valence-electron chi connectivity index (χ3n) is 2.50. The van der Waals surface area contributed by atoms with Gasteiger partial charge in [-0.15, -0.1) is 0 Å². The maximum Gasteiger partial charge on any atom is 0.108 e. The largest absolute Gasteiger partial charge is 0.306 e. The first kappa shape index (κ1) is 9.25. The van der Waals surface area contributed by atoms with Crippen LogP contribution in [0.5, 0.6) is 0 Å². The Morgan fingerprint density at radius 2 is 2.29 bits per heavy atom. The normalized spacial score (nSPS) is 25.2. The number of hydrogen-bond donors (Lipinski definition) is 0. The van der Waals surface area contributed by atoms with Gasteiger partial charge in [-0.05, 0) is 37.6 Å². The molecule has 0 aromatic rings. The standard InChI is InChI=1S/C12H16N2/c1-4-12-13-10(3)8-11-7-9(2)5-6-14(11)12/h5-8,10H,4H2,1-3H3. The summed E-state index contributed by atoms with van der Waals surface area (Å²) in [6.07, 6.45) is 9.62. The van der Waals surface area contributed by atoms with Crippen molar-refractivity contribution in [3.05, 3.63) is 35.7 Å². The van der Waals surface area contributed by atoms with Crippen LogP contribution in [0.4, 0.5) is 0 Å². The van der Waals surface area contributed by atoms with Crippen molar-refractivity contribution < 1.29 is 0 Å². The summed E-state index contributed by atoms with van der Waals surface area (Å²) in [5.74, 6) is 1.16. The van der Waals surface area contributed by atoms with Gasteiger partial charge in [0, 0.05) is 18.3 Å². The zero-order valence-corrected chi connectivity index (χ0v) is 8.99. The number of aliphatic imine (C=N–C) groups is 1. The molecule has 2 aliphatic heterocycles. The molecule has 2 aliphatic rings. The van der Waals surface area contributed by atoms with E-state index >= 15 is 0 Å². The lowest BCUT2D eigenvalue weighted by Crippen LogP contribution is -2.30. The van der Waals surface area contributed by atoms with Gasteiger partial charge in [-0.25, -0.2) is 0 Å². The number of amidine groups is 1. The number of allylic oxidation sites excluding steroid dienone is 3. The van der Waals surface area contributed by atoms with Crippen molar-refractivity contribution in [3.63, 3.8) is 0 Å². The van der Waals surface area contributed by atoms with E-state index in [1.807, 2.05) is 0 Å². The lowest BCUT2D eigenvalue weighted by Gasteiger charge is -2.30. The van der Waals surface area contributed by atoms with Crippen LogP contribution in [0.2, 0.25) is 0 Å². The van der Waals surface area contributed by atoms with Crippen LogP contribution in [0, 0.1) is 0 Å². The lowest BCUT2D eigenvalue weighted by molar-refractivity contribution is 0.637. The van der Waals surface area contributed by atoms with Crippen LogP contribution in [-0.4, -0.2) is 16.8 Å². The fourth-order valence-corrected chi connectivity index (χ4v) is 1.84. The maximum atomic E-state index is 4.60. The predicted octanol–water partition coefficient (Wildman–Crippen LogP) is 2.86. The van der Waals surface area contributed by atoms with Crippen LogP contribution >= 0.6 is 0 Å². The third-order valence-corrected chi connectivity index (χ3v) is 2.50. The molecule has 0 bridgehead atoms. The van der Waals surface area contributed by atoms with E-state index in [1.54, 1.807) is 0 Å². The second kappa shape index (κ2) is 3.45. The summed E-state index contributed by atoms with van der Waals surface area (Å²) in [5, 5.41) is 0. The van der Waals surface area contributed by atoms with E-state index in [0.717, 1.165) is 12.3 Å². The molecule has 74 valence electrons. The van der Waals surface area contributed by atoms with Crippen molar-refractivity contribution in [2.24, 2.45) is 4.99 Å². The molecule has 1 unspecified atom stereocenters. The van der Waals surface area contributed by atoms with Crippen LogP contribution in [-0.2, 0) is 0 Å². The maximum absolute atomic E-state index is 4.60. The Labute approximate surface area is 85.3 Å². The average Bonchev–Trinajstić information content (AvgIpc) is 2.15. The van der Waals surface area contributed by atoms with Crippen molar-refractivity contribution in [2.75, 3.05) is 0 Å². The van der Waals surface area contributed by atoms with Crippen molar-refractivity contribution in [3.8, 4) is 0 Å². The monoisotopic (exact) mass is 188 g/mol. The van der Waals surface area contributed by atoms with Gasteiger partial charge >= 0.3 is 0 Å². The molecule has 0 fully saturated rings. The second-order valence-corrected chi connectivity index (χ2v) is 3.81. The Balaban J connectivity index is 2.36. The van der Waals surface area contributed by atoms with E-state index in [4.69, 9.17) is 0 Å². The highest BCUT2D eigenvalue weighted by atomic mass is 15.2. The van der Waals surface area contributed by atoms with Crippen LogP contribution in [0.25, 0.3) is 0 Å². The minimum absolute atomic E-state index is 0.312. The van der Waals surface area contributed by atoms with Crippen LogP contribution < -0.4 is 0 Å². The van der Waals surface area contributed by atoms with Gasteiger partial charge in [0.1, 0.15) is 5.84 Å². The molecule has 0 N–H and O–H groups in total. The lowest BCUT2D eigenvalue weighted by atomic mass is 10.1. The van der Waals surface area contributed by atoms with Gasteiger partial charge in [-0.1, -0.05) is 6.92 Å². The van der Waals surface area contributed by atoms with E-state index < -0.39 is 0 Å². The Morgan fingerprint density at radius 1 is 1.50 bits per heavy atom. The van der Waals surface area contributed by atoms with Crippen molar-refractivity contribution in [1.82, 2.24) is 4.90 Å².